The van der Waals surface area contributed by atoms with Crippen LogP contribution in [-0.4, -0.2) is 27.4 Å². The average molecular weight is 419 g/mol. The highest BCUT2D eigenvalue weighted by atomic mass is 32.2. The first-order chi connectivity index (χ1) is 13.9. The molecule has 0 aliphatic heterocycles. The van der Waals surface area contributed by atoms with Crippen LogP contribution in [0.2, 0.25) is 0 Å². The molecular weight excluding hydrogens is 399 g/mol. The number of rotatable bonds is 7. The van der Waals surface area contributed by atoms with Crippen LogP contribution in [0.4, 0.5) is 18.9 Å². The van der Waals surface area contributed by atoms with E-state index in [0.29, 0.717) is 16.9 Å². The number of hydrogen-bond acceptors (Lipinski definition) is 3. The van der Waals surface area contributed by atoms with Crippen LogP contribution >= 0.6 is 11.8 Å². The largest absolute Gasteiger partial charge is 0.406 e. The Labute approximate surface area is 171 Å². The Morgan fingerprint density at radius 3 is 2.48 bits per heavy atom. The van der Waals surface area contributed by atoms with Crippen LogP contribution in [0.15, 0.2) is 66.0 Å². The lowest BCUT2D eigenvalue weighted by Crippen LogP contribution is -2.20. The van der Waals surface area contributed by atoms with E-state index in [4.69, 9.17) is 0 Å². The predicted octanol–water partition coefficient (Wildman–Crippen LogP) is 5.41. The zero-order chi connectivity index (χ0) is 20.9. The van der Waals surface area contributed by atoms with Crippen LogP contribution in [0.1, 0.15) is 12.5 Å². The number of carbonyl (C=O) groups is 1. The zero-order valence-electron chi connectivity index (χ0n) is 15.7. The third-order valence-corrected chi connectivity index (χ3v) is 5.22. The van der Waals surface area contributed by atoms with Crippen LogP contribution in [0.5, 0.6) is 0 Å². The maximum Gasteiger partial charge on any atom is 0.406 e. The van der Waals surface area contributed by atoms with Gasteiger partial charge in [0.15, 0.2) is 5.16 Å². The summed E-state index contributed by atoms with van der Waals surface area (Å²) < 4.78 is 40.5. The molecule has 0 spiro atoms. The predicted molar refractivity (Wildman–Crippen MR) is 109 cm³/mol. The molecule has 29 heavy (non-hydrogen) atoms. The molecule has 0 saturated carbocycles. The maximum atomic E-state index is 13.1. The average Bonchev–Trinajstić information content (AvgIpc) is 3.08. The Morgan fingerprint density at radius 2 is 1.79 bits per heavy atom. The summed E-state index contributed by atoms with van der Waals surface area (Å²) in [5.41, 5.74) is 2.71. The number of carbonyl (C=O) groups excluding carboxylic acids is 1. The minimum absolute atomic E-state index is 0.0405. The molecule has 152 valence electrons. The minimum atomic E-state index is -4.40. The molecule has 3 aromatic rings. The number of halogens is 3. The van der Waals surface area contributed by atoms with E-state index in [2.05, 4.69) is 10.3 Å². The summed E-state index contributed by atoms with van der Waals surface area (Å²) in [6.45, 7) is 0.818. The Kier molecular flexibility index (Phi) is 6.64. The molecule has 0 unspecified atom stereocenters. The van der Waals surface area contributed by atoms with Gasteiger partial charge in [0.25, 0.3) is 0 Å². The first-order valence-electron chi connectivity index (χ1n) is 9.05. The molecule has 8 heteroatoms. The quantitative estimate of drug-likeness (QED) is 0.521. The first-order valence-corrected chi connectivity index (χ1v) is 10.0. The molecule has 1 aromatic heterocycles. The summed E-state index contributed by atoms with van der Waals surface area (Å²) in [4.78, 5) is 16.5. The van der Waals surface area contributed by atoms with E-state index in [9.17, 15) is 18.0 Å². The number of anilines is 1. The summed E-state index contributed by atoms with van der Waals surface area (Å²) in [7, 11) is 0. The Hall–Kier alpha value is -2.74. The number of nitrogens with zero attached hydrogens (tertiary/aromatic N) is 2. The van der Waals surface area contributed by atoms with Gasteiger partial charge in [0.2, 0.25) is 5.91 Å². The van der Waals surface area contributed by atoms with Crippen molar-refractivity contribution < 1.29 is 18.0 Å². The molecule has 1 heterocycles. The van der Waals surface area contributed by atoms with E-state index in [-0.39, 0.29) is 16.8 Å². The summed E-state index contributed by atoms with van der Waals surface area (Å²) in [6.07, 6.45) is -2.23. The molecule has 4 nitrogen and oxygen atoms in total. The molecule has 3 rings (SSSR count). The van der Waals surface area contributed by atoms with E-state index in [0.717, 1.165) is 28.3 Å². The van der Waals surface area contributed by atoms with E-state index < -0.39 is 12.7 Å². The van der Waals surface area contributed by atoms with Gasteiger partial charge in [-0.15, -0.1) is 0 Å². The molecule has 0 fully saturated rings. The van der Waals surface area contributed by atoms with Gasteiger partial charge in [-0.3, -0.25) is 4.79 Å². The lowest BCUT2D eigenvalue weighted by Gasteiger charge is -2.14. The van der Waals surface area contributed by atoms with Crippen molar-refractivity contribution in [3.05, 3.63) is 66.4 Å². The van der Waals surface area contributed by atoms with Gasteiger partial charge in [0, 0.05) is 5.69 Å². The number of imidazole rings is 1. The van der Waals surface area contributed by atoms with Gasteiger partial charge in [-0.25, -0.2) is 4.98 Å². The molecule has 0 aliphatic carbocycles. The van der Waals surface area contributed by atoms with Crippen molar-refractivity contribution in [3.63, 3.8) is 0 Å². The monoisotopic (exact) mass is 419 g/mol. The Morgan fingerprint density at radius 1 is 1.10 bits per heavy atom. The molecule has 0 saturated heterocycles. The van der Waals surface area contributed by atoms with Crippen molar-refractivity contribution in [2.75, 3.05) is 11.1 Å². The van der Waals surface area contributed by atoms with Crippen molar-refractivity contribution in [2.45, 2.75) is 31.2 Å². The second kappa shape index (κ2) is 9.17. The maximum absolute atomic E-state index is 13.1. The summed E-state index contributed by atoms with van der Waals surface area (Å²) in [6, 6.07) is 16.2. The fourth-order valence-electron chi connectivity index (χ4n) is 2.91. The number of hydrogen-bond donors (Lipinski definition) is 1. The molecule has 1 N–H and O–H groups in total. The third kappa shape index (κ3) is 5.63. The minimum Gasteiger partial charge on any atom is -0.325 e. The number of benzene rings is 2. The lowest BCUT2D eigenvalue weighted by molar-refractivity contribution is -0.141. The molecular formula is C21H20F3N3OS. The van der Waals surface area contributed by atoms with Crippen molar-refractivity contribution in [1.29, 1.82) is 0 Å². The van der Waals surface area contributed by atoms with Gasteiger partial charge >= 0.3 is 6.18 Å². The summed E-state index contributed by atoms with van der Waals surface area (Å²) >= 11 is 0.984. The number of amides is 1. The molecule has 0 aliphatic rings. The van der Waals surface area contributed by atoms with Gasteiger partial charge in [-0.05, 0) is 23.6 Å². The number of nitrogens with one attached hydrogen (secondary N) is 1. The van der Waals surface area contributed by atoms with Gasteiger partial charge < -0.3 is 9.88 Å². The smallest absolute Gasteiger partial charge is 0.325 e. The second-order valence-corrected chi connectivity index (χ2v) is 7.28. The molecule has 2 aromatic carbocycles. The Bertz CT molecular complexity index is 971. The SMILES string of the molecule is CCc1ccccc1NC(=O)CSc1ncc(-c2ccccc2)n1CC(F)(F)F. The van der Waals surface area contributed by atoms with E-state index >= 15 is 0 Å². The van der Waals surface area contributed by atoms with Crippen LogP contribution < -0.4 is 5.32 Å². The molecule has 1 amide bonds. The van der Waals surface area contributed by atoms with Gasteiger partial charge in [0.05, 0.1) is 17.6 Å². The topological polar surface area (TPSA) is 46.9 Å². The van der Waals surface area contributed by atoms with Crippen molar-refractivity contribution in [1.82, 2.24) is 9.55 Å². The number of aryl methyl sites for hydroxylation is 1. The normalized spacial score (nSPS) is 11.4. The fourth-order valence-corrected chi connectivity index (χ4v) is 3.69. The number of thioether (sulfide) groups is 1. The first kappa shape index (κ1) is 21.0. The fraction of sp³-hybridized carbons (Fsp3) is 0.238. The number of aromatic nitrogens is 2. The van der Waals surface area contributed by atoms with Crippen LogP contribution in [0.3, 0.4) is 0 Å². The molecule has 0 radical (unpaired) electrons. The van der Waals surface area contributed by atoms with Crippen LogP contribution in [0, 0.1) is 0 Å². The van der Waals surface area contributed by atoms with E-state index in [1.807, 2.05) is 25.1 Å². The highest BCUT2D eigenvalue weighted by molar-refractivity contribution is 7.99. The van der Waals surface area contributed by atoms with Crippen molar-refractivity contribution >= 4 is 23.4 Å². The summed E-state index contributed by atoms with van der Waals surface area (Å²) in [5.74, 6) is -0.333. The van der Waals surface area contributed by atoms with Gasteiger partial charge in [-0.2, -0.15) is 13.2 Å². The van der Waals surface area contributed by atoms with Crippen LogP contribution in [0.25, 0.3) is 11.3 Å². The van der Waals surface area contributed by atoms with Crippen molar-refractivity contribution in [3.8, 4) is 11.3 Å². The highest BCUT2D eigenvalue weighted by Gasteiger charge is 2.31. The van der Waals surface area contributed by atoms with Crippen molar-refractivity contribution in [2.24, 2.45) is 0 Å². The Balaban J connectivity index is 1.76. The van der Waals surface area contributed by atoms with Crippen LogP contribution in [-0.2, 0) is 17.8 Å². The molecule has 0 bridgehead atoms. The highest BCUT2D eigenvalue weighted by Crippen LogP contribution is 2.30. The molecule has 0 atom stereocenters. The van der Waals surface area contributed by atoms with Gasteiger partial charge in [0.1, 0.15) is 6.54 Å². The van der Waals surface area contributed by atoms with Gasteiger partial charge in [-0.1, -0.05) is 67.2 Å². The third-order valence-electron chi connectivity index (χ3n) is 4.23. The summed E-state index contributed by atoms with van der Waals surface area (Å²) in [5, 5.41) is 2.97. The van der Waals surface area contributed by atoms with E-state index in [1.54, 1.807) is 36.4 Å². The standard InChI is InChI=1S/C21H20F3N3OS/c1-2-15-8-6-7-11-17(15)26-19(28)13-29-20-25-12-18(16-9-4-3-5-10-16)27(20)14-21(22,23)24/h3-12H,2,13-14H2,1H3,(H,26,28). The number of para-hydroxylation sites is 1. The lowest BCUT2D eigenvalue weighted by atomic mass is 10.1. The second-order valence-electron chi connectivity index (χ2n) is 6.34. The number of alkyl halides is 3. The van der Waals surface area contributed by atoms with E-state index in [1.165, 1.54) is 6.20 Å². The zero-order valence-corrected chi connectivity index (χ0v) is 16.6.